The summed E-state index contributed by atoms with van der Waals surface area (Å²) < 4.78 is 0. The van der Waals surface area contributed by atoms with Crippen LogP contribution in [0.1, 0.15) is 30.9 Å². The second-order valence-corrected chi connectivity index (χ2v) is 4.37. The second-order valence-electron chi connectivity index (χ2n) is 4.37. The van der Waals surface area contributed by atoms with Gasteiger partial charge in [0.05, 0.1) is 11.9 Å². The molecule has 0 N–H and O–H groups in total. The molecule has 0 amide bonds. The highest BCUT2D eigenvalue weighted by atomic mass is 15.1. The first-order valence-electron chi connectivity index (χ1n) is 5.50. The normalized spacial score (nSPS) is 11.7. The van der Waals surface area contributed by atoms with E-state index in [2.05, 4.69) is 49.8 Å². The Hall–Kier alpha value is -1.57. The number of aliphatic imine (C=N–C) groups is 1. The monoisotopic (exact) mass is 216 g/mol. The number of rotatable bonds is 4. The Morgan fingerprint density at radius 2 is 1.81 bits per heavy atom. The van der Waals surface area contributed by atoms with E-state index >= 15 is 0 Å². The van der Waals surface area contributed by atoms with Crippen molar-refractivity contribution < 1.29 is 0 Å². The van der Waals surface area contributed by atoms with E-state index in [4.69, 9.17) is 0 Å². The smallest absolute Gasteiger partial charge is 0.0620 e. The summed E-state index contributed by atoms with van der Waals surface area (Å²) in [6.45, 7) is 7.90. The Bertz CT molecular complexity index is 372. The summed E-state index contributed by atoms with van der Waals surface area (Å²) >= 11 is 0. The van der Waals surface area contributed by atoms with Gasteiger partial charge in [-0.15, -0.1) is 0 Å². The van der Waals surface area contributed by atoms with E-state index in [0.29, 0.717) is 5.92 Å². The number of nitrogens with zero attached hydrogens (tertiary/aromatic N) is 2. The van der Waals surface area contributed by atoms with Crippen LogP contribution in [-0.2, 0) is 0 Å². The van der Waals surface area contributed by atoms with Crippen molar-refractivity contribution >= 4 is 12.4 Å². The van der Waals surface area contributed by atoms with Gasteiger partial charge in [-0.1, -0.05) is 38.1 Å². The first-order valence-corrected chi connectivity index (χ1v) is 5.50. The maximum Gasteiger partial charge on any atom is 0.0620 e. The van der Waals surface area contributed by atoms with E-state index in [1.807, 2.05) is 19.0 Å². The molecular weight excluding hydrogens is 196 g/mol. The Kier molecular flexibility index (Phi) is 4.29. The van der Waals surface area contributed by atoms with Gasteiger partial charge in [0.1, 0.15) is 0 Å². The van der Waals surface area contributed by atoms with E-state index in [1.165, 1.54) is 11.1 Å². The van der Waals surface area contributed by atoms with Gasteiger partial charge < -0.3 is 4.90 Å². The molecule has 1 aromatic rings. The first-order chi connectivity index (χ1) is 7.56. The minimum atomic E-state index is 0.568. The van der Waals surface area contributed by atoms with Crippen LogP contribution in [0.4, 0.5) is 0 Å². The zero-order valence-electron chi connectivity index (χ0n) is 10.6. The molecule has 0 saturated heterocycles. The maximum atomic E-state index is 3.84. The molecule has 0 aliphatic heterocycles. The summed E-state index contributed by atoms with van der Waals surface area (Å²) in [6, 6.07) is 8.60. The number of benzene rings is 1. The largest absolute Gasteiger partial charge is 0.376 e. The molecule has 0 atom stereocenters. The van der Waals surface area contributed by atoms with E-state index < -0.39 is 0 Å². The van der Waals surface area contributed by atoms with Gasteiger partial charge in [-0.2, -0.15) is 0 Å². The second kappa shape index (κ2) is 5.50. The summed E-state index contributed by atoms with van der Waals surface area (Å²) in [7, 11) is 4.01. The topological polar surface area (TPSA) is 15.6 Å². The average Bonchev–Trinajstić information content (AvgIpc) is 2.25. The molecule has 2 heteroatoms. The number of hydrogen-bond donors (Lipinski definition) is 0. The van der Waals surface area contributed by atoms with Crippen molar-refractivity contribution in [1.82, 2.24) is 4.90 Å². The minimum absolute atomic E-state index is 0.568. The summed E-state index contributed by atoms with van der Waals surface area (Å²) in [5.41, 5.74) is 3.60. The van der Waals surface area contributed by atoms with Gasteiger partial charge in [0, 0.05) is 14.1 Å². The molecule has 2 nitrogen and oxygen atoms in total. The van der Waals surface area contributed by atoms with Gasteiger partial charge in [0.2, 0.25) is 0 Å². The highest BCUT2D eigenvalue weighted by molar-refractivity contribution is 5.64. The molecule has 16 heavy (non-hydrogen) atoms. The molecule has 0 heterocycles. The van der Waals surface area contributed by atoms with Crippen molar-refractivity contribution in [1.29, 1.82) is 0 Å². The molecule has 0 aliphatic carbocycles. The molecule has 0 bridgehead atoms. The SMILES string of the molecule is C=N/C=C(/c1ccc(C(C)C)cc1)N(C)C. The highest BCUT2D eigenvalue weighted by Crippen LogP contribution is 2.20. The lowest BCUT2D eigenvalue weighted by Crippen LogP contribution is -2.09. The fourth-order valence-electron chi connectivity index (χ4n) is 1.57. The molecule has 1 aromatic carbocycles. The lowest BCUT2D eigenvalue weighted by Gasteiger charge is -2.17. The zero-order chi connectivity index (χ0) is 12.1. The predicted molar refractivity (Wildman–Crippen MR) is 71.7 cm³/mol. The van der Waals surface area contributed by atoms with Gasteiger partial charge in [-0.3, -0.25) is 4.99 Å². The Morgan fingerprint density at radius 1 is 1.25 bits per heavy atom. The van der Waals surface area contributed by atoms with Gasteiger partial charge in [0.25, 0.3) is 0 Å². The molecule has 1 rings (SSSR count). The van der Waals surface area contributed by atoms with Crippen LogP contribution in [0.5, 0.6) is 0 Å². The van der Waals surface area contributed by atoms with E-state index in [-0.39, 0.29) is 0 Å². The van der Waals surface area contributed by atoms with Crippen molar-refractivity contribution in [2.24, 2.45) is 4.99 Å². The first kappa shape index (κ1) is 12.5. The lowest BCUT2D eigenvalue weighted by molar-refractivity contribution is 0.591. The maximum absolute atomic E-state index is 3.84. The van der Waals surface area contributed by atoms with Crippen molar-refractivity contribution in [3.8, 4) is 0 Å². The molecule has 0 radical (unpaired) electrons. The minimum Gasteiger partial charge on any atom is -0.376 e. The quantitative estimate of drug-likeness (QED) is 0.705. The standard InChI is InChI=1S/C14H20N2/c1-11(2)12-6-8-13(9-7-12)14(10-15-3)16(4)5/h6-11H,3H2,1-2,4-5H3/b14-10-. The fraction of sp³-hybridized carbons (Fsp3) is 0.357. The van der Waals surface area contributed by atoms with Crippen LogP contribution in [0.3, 0.4) is 0 Å². The third kappa shape index (κ3) is 2.96. The van der Waals surface area contributed by atoms with E-state index in [0.717, 1.165) is 5.70 Å². The molecule has 86 valence electrons. The lowest BCUT2D eigenvalue weighted by atomic mass is 10.0. The molecule has 0 unspecified atom stereocenters. The van der Waals surface area contributed by atoms with Gasteiger partial charge in [-0.05, 0) is 23.8 Å². The van der Waals surface area contributed by atoms with Gasteiger partial charge in [0.15, 0.2) is 0 Å². The van der Waals surface area contributed by atoms with Crippen LogP contribution < -0.4 is 0 Å². The Labute approximate surface area is 98.3 Å². The van der Waals surface area contributed by atoms with E-state index in [9.17, 15) is 0 Å². The van der Waals surface area contributed by atoms with Crippen LogP contribution in [0, 0.1) is 0 Å². The molecular formula is C14H20N2. The zero-order valence-corrected chi connectivity index (χ0v) is 10.6. The van der Waals surface area contributed by atoms with Crippen LogP contribution in [0.25, 0.3) is 5.70 Å². The van der Waals surface area contributed by atoms with Crippen molar-refractivity contribution in [3.05, 3.63) is 41.6 Å². The molecule has 0 spiro atoms. The van der Waals surface area contributed by atoms with Crippen LogP contribution in [0.2, 0.25) is 0 Å². The third-order valence-electron chi connectivity index (χ3n) is 2.57. The third-order valence-corrected chi connectivity index (χ3v) is 2.57. The van der Waals surface area contributed by atoms with Gasteiger partial charge >= 0.3 is 0 Å². The van der Waals surface area contributed by atoms with E-state index in [1.54, 1.807) is 6.20 Å². The van der Waals surface area contributed by atoms with Crippen LogP contribution in [-0.4, -0.2) is 25.7 Å². The molecule has 0 saturated carbocycles. The molecule has 0 aromatic heterocycles. The molecule has 0 aliphatic rings. The molecule has 0 fully saturated rings. The van der Waals surface area contributed by atoms with Crippen molar-refractivity contribution in [2.75, 3.05) is 14.1 Å². The van der Waals surface area contributed by atoms with Crippen molar-refractivity contribution in [3.63, 3.8) is 0 Å². The Balaban J connectivity index is 3.04. The number of hydrogen-bond acceptors (Lipinski definition) is 2. The summed E-state index contributed by atoms with van der Waals surface area (Å²) in [6.07, 6.45) is 1.78. The average molecular weight is 216 g/mol. The summed E-state index contributed by atoms with van der Waals surface area (Å²) in [4.78, 5) is 5.88. The predicted octanol–water partition coefficient (Wildman–Crippen LogP) is 3.37. The fourth-order valence-corrected chi connectivity index (χ4v) is 1.57. The van der Waals surface area contributed by atoms with Crippen molar-refractivity contribution in [2.45, 2.75) is 19.8 Å². The van der Waals surface area contributed by atoms with Crippen LogP contribution >= 0.6 is 0 Å². The summed E-state index contributed by atoms with van der Waals surface area (Å²) in [5.74, 6) is 0.568. The highest BCUT2D eigenvalue weighted by Gasteiger charge is 2.04. The Morgan fingerprint density at radius 3 is 2.19 bits per heavy atom. The van der Waals surface area contributed by atoms with Gasteiger partial charge in [-0.25, -0.2) is 0 Å². The van der Waals surface area contributed by atoms with Crippen LogP contribution in [0.15, 0.2) is 35.5 Å². The summed E-state index contributed by atoms with van der Waals surface area (Å²) in [5, 5.41) is 0.